The van der Waals surface area contributed by atoms with Crippen molar-refractivity contribution in [1.29, 1.82) is 0 Å². The lowest BCUT2D eigenvalue weighted by Gasteiger charge is -2.23. The number of aryl methyl sites for hydroxylation is 3. The van der Waals surface area contributed by atoms with Crippen LogP contribution in [0.4, 0.5) is 4.79 Å². The number of urea groups is 1. The van der Waals surface area contributed by atoms with E-state index in [1.165, 1.54) is 47.9 Å². The second kappa shape index (κ2) is 5.03. The van der Waals surface area contributed by atoms with Crippen molar-refractivity contribution in [1.82, 2.24) is 5.43 Å². The molecule has 0 atom stereocenters. The smallest absolute Gasteiger partial charge is 0.332 e. The van der Waals surface area contributed by atoms with Gasteiger partial charge in [0.2, 0.25) is 0 Å². The number of hydrogen-bond acceptors (Lipinski definition) is 2. The summed E-state index contributed by atoms with van der Waals surface area (Å²) < 4.78 is 0. The number of hydrogen-bond donors (Lipinski definition) is 2. The SMILES string of the molecule is NC(=O)N/N=C1\CCCc2cc3c(cc21)CCCC3. The predicted molar refractivity (Wildman–Crippen MR) is 75.3 cm³/mol. The van der Waals surface area contributed by atoms with Gasteiger partial charge in [-0.05, 0) is 67.7 Å². The summed E-state index contributed by atoms with van der Waals surface area (Å²) in [5.74, 6) is 0. The zero-order valence-electron chi connectivity index (χ0n) is 11.0. The van der Waals surface area contributed by atoms with E-state index in [1.807, 2.05) is 0 Å². The Kier molecular flexibility index (Phi) is 3.23. The molecule has 1 aromatic carbocycles. The Bertz CT molecular complexity index is 549. The quantitative estimate of drug-likeness (QED) is 0.745. The minimum Gasteiger partial charge on any atom is -0.350 e. The number of fused-ring (bicyclic) bond motifs is 2. The van der Waals surface area contributed by atoms with Gasteiger partial charge in [-0.3, -0.25) is 0 Å². The van der Waals surface area contributed by atoms with Crippen molar-refractivity contribution in [3.8, 4) is 0 Å². The fourth-order valence-electron chi connectivity index (χ4n) is 3.13. The molecule has 4 heteroatoms. The van der Waals surface area contributed by atoms with Gasteiger partial charge in [-0.25, -0.2) is 10.2 Å². The number of primary amides is 1. The van der Waals surface area contributed by atoms with E-state index in [2.05, 4.69) is 22.7 Å². The lowest BCUT2D eigenvalue weighted by Crippen LogP contribution is -2.27. The lowest BCUT2D eigenvalue weighted by molar-refractivity contribution is 0.249. The number of nitrogens with two attached hydrogens (primary N) is 1. The first-order chi connectivity index (χ1) is 9.24. The van der Waals surface area contributed by atoms with Gasteiger partial charge < -0.3 is 5.73 Å². The van der Waals surface area contributed by atoms with Crippen LogP contribution in [-0.2, 0) is 19.3 Å². The first-order valence-electron chi connectivity index (χ1n) is 7.01. The topological polar surface area (TPSA) is 67.5 Å². The highest BCUT2D eigenvalue weighted by atomic mass is 16.2. The summed E-state index contributed by atoms with van der Waals surface area (Å²) in [5.41, 5.74) is 14.0. The number of rotatable bonds is 1. The summed E-state index contributed by atoms with van der Waals surface area (Å²) in [4.78, 5) is 10.8. The van der Waals surface area contributed by atoms with Gasteiger partial charge >= 0.3 is 6.03 Å². The van der Waals surface area contributed by atoms with Gasteiger partial charge in [0, 0.05) is 5.56 Å². The number of carbonyl (C=O) groups excluding carboxylic acids is 1. The monoisotopic (exact) mass is 257 g/mol. The van der Waals surface area contributed by atoms with E-state index >= 15 is 0 Å². The zero-order valence-corrected chi connectivity index (χ0v) is 11.0. The summed E-state index contributed by atoms with van der Waals surface area (Å²) >= 11 is 0. The Morgan fingerprint density at radius 2 is 1.68 bits per heavy atom. The fourth-order valence-corrected chi connectivity index (χ4v) is 3.13. The molecule has 100 valence electrons. The van der Waals surface area contributed by atoms with Crippen LogP contribution < -0.4 is 11.2 Å². The van der Waals surface area contributed by atoms with E-state index < -0.39 is 6.03 Å². The van der Waals surface area contributed by atoms with Crippen LogP contribution in [0.1, 0.15) is 47.9 Å². The molecule has 3 rings (SSSR count). The first-order valence-corrected chi connectivity index (χ1v) is 7.01. The van der Waals surface area contributed by atoms with E-state index in [0.717, 1.165) is 25.0 Å². The van der Waals surface area contributed by atoms with Gasteiger partial charge in [-0.1, -0.05) is 6.07 Å². The molecule has 2 aliphatic carbocycles. The van der Waals surface area contributed by atoms with Gasteiger partial charge in [-0.15, -0.1) is 0 Å². The van der Waals surface area contributed by atoms with E-state index in [1.54, 1.807) is 0 Å². The van der Waals surface area contributed by atoms with Gasteiger partial charge in [0.25, 0.3) is 0 Å². The van der Waals surface area contributed by atoms with Crippen molar-refractivity contribution in [3.05, 3.63) is 34.4 Å². The van der Waals surface area contributed by atoms with Crippen molar-refractivity contribution in [3.63, 3.8) is 0 Å². The average Bonchev–Trinajstić information content (AvgIpc) is 2.42. The highest BCUT2D eigenvalue weighted by Crippen LogP contribution is 2.29. The van der Waals surface area contributed by atoms with Crippen LogP contribution in [0.3, 0.4) is 0 Å². The molecule has 1 aromatic rings. The summed E-state index contributed by atoms with van der Waals surface area (Å²) in [6.45, 7) is 0. The summed E-state index contributed by atoms with van der Waals surface area (Å²) in [7, 11) is 0. The van der Waals surface area contributed by atoms with Crippen molar-refractivity contribution >= 4 is 11.7 Å². The normalized spacial score (nSPS) is 19.7. The molecule has 0 saturated carbocycles. The highest BCUT2D eigenvalue weighted by molar-refractivity contribution is 6.03. The number of nitrogens with one attached hydrogen (secondary N) is 1. The van der Waals surface area contributed by atoms with Crippen LogP contribution >= 0.6 is 0 Å². The number of hydrazone groups is 1. The van der Waals surface area contributed by atoms with Crippen molar-refractivity contribution in [2.45, 2.75) is 44.9 Å². The fraction of sp³-hybridized carbons (Fsp3) is 0.467. The molecule has 0 spiro atoms. The van der Waals surface area contributed by atoms with Crippen LogP contribution in [0.2, 0.25) is 0 Å². The van der Waals surface area contributed by atoms with Gasteiger partial charge in [-0.2, -0.15) is 5.10 Å². The summed E-state index contributed by atoms with van der Waals surface area (Å²) in [5, 5.41) is 4.17. The molecule has 4 nitrogen and oxygen atoms in total. The molecule has 3 N–H and O–H groups in total. The molecule has 0 heterocycles. The highest BCUT2D eigenvalue weighted by Gasteiger charge is 2.19. The standard InChI is InChI=1S/C15H19N3O/c16-15(19)18-17-14-7-3-6-12-8-10-4-1-2-5-11(10)9-13(12)14/h8-9H,1-7H2,(H3,16,18,19)/b17-14+. The molecule has 0 fully saturated rings. The number of nitrogens with zero attached hydrogens (tertiary/aromatic N) is 1. The van der Waals surface area contributed by atoms with Crippen LogP contribution in [0.5, 0.6) is 0 Å². The molecule has 0 bridgehead atoms. The van der Waals surface area contributed by atoms with E-state index in [4.69, 9.17) is 5.73 Å². The average molecular weight is 257 g/mol. The molecule has 2 amide bonds. The minimum absolute atomic E-state index is 0.599. The molecule has 19 heavy (non-hydrogen) atoms. The molecule has 2 aliphatic rings. The summed E-state index contributed by atoms with van der Waals surface area (Å²) in [6, 6.07) is 4.03. The van der Waals surface area contributed by atoms with Gasteiger partial charge in [0.05, 0.1) is 5.71 Å². The second-order valence-corrected chi connectivity index (χ2v) is 5.37. The molecule has 0 aliphatic heterocycles. The van der Waals surface area contributed by atoms with Crippen LogP contribution in [0.15, 0.2) is 17.2 Å². The number of benzene rings is 1. The number of carbonyl (C=O) groups is 1. The van der Waals surface area contributed by atoms with E-state index in [0.29, 0.717) is 0 Å². The molecule has 0 aromatic heterocycles. The maximum absolute atomic E-state index is 10.8. The van der Waals surface area contributed by atoms with Gasteiger partial charge in [0.15, 0.2) is 0 Å². The third kappa shape index (κ3) is 2.48. The molecule has 0 saturated heterocycles. The minimum atomic E-state index is -0.599. The van der Waals surface area contributed by atoms with Crippen LogP contribution in [-0.4, -0.2) is 11.7 Å². The Labute approximate surface area is 113 Å². The Hall–Kier alpha value is -1.84. The third-order valence-corrected chi connectivity index (χ3v) is 4.04. The second-order valence-electron chi connectivity index (χ2n) is 5.37. The lowest BCUT2D eigenvalue weighted by atomic mass is 9.82. The van der Waals surface area contributed by atoms with Crippen LogP contribution in [0, 0.1) is 0 Å². The Morgan fingerprint density at radius 1 is 1.00 bits per heavy atom. The zero-order chi connectivity index (χ0) is 13.2. The van der Waals surface area contributed by atoms with Gasteiger partial charge in [0.1, 0.15) is 0 Å². The van der Waals surface area contributed by atoms with Crippen LogP contribution in [0.25, 0.3) is 0 Å². The van der Waals surface area contributed by atoms with Crippen molar-refractivity contribution < 1.29 is 4.79 Å². The van der Waals surface area contributed by atoms with E-state index in [9.17, 15) is 4.79 Å². The number of amides is 2. The molecular weight excluding hydrogens is 238 g/mol. The summed E-state index contributed by atoms with van der Waals surface area (Å²) in [6.07, 6.45) is 8.05. The molecular formula is C15H19N3O. The van der Waals surface area contributed by atoms with Crippen molar-refractivity contribution in [2.24, 2.45) is 10.8 Å². The predicted octanol–water partition coefficient (Wildman–Crippen LogP) is 2.27. The maximum atomic E-state index is 10.8. The van der Waals surface area contributed by atoms with Crippen molar-refractivity contribution in [2.75, 3.05) is 0 Å². The third-order valence-electron chi connectivity index (χ3n) is 4.04. The van der Waals surface area contributed by atoms with E-state index in [-0.39, 0.29) is 0 Å². The largest absolute Gasteiger partial charge is 0.350 e. The Morgan fingerprint density at radius 3 is 2.42 bits per heavy atom. The molecule has 0 radical (unpaired) electrons. The maximum Gasteiger partial charge on any atom is 0.332 e. The first kappa shape index (κ1) is 12.2. The Balaban J connectivity index is 1.99. The molecule has 0 unspecified atom stereocenters.